The molecule has 9 heteroatoms. The van der Waals surface area contributed by atoms with Crippen LogP contribution in [0.4, 0.5) is 16.4 Å². The highest BCUT2D eigenvalue weighted by Gasteiger charge is 2.25. The van der Waals surface area contributed by atoms with Gasteiger partial charge in [-0.1, -0.05) is 30.3 Å². The number of carbonyl (C=O) groups is 1. The van der Waals surface area contributed by atoms with Gasteiger partial charge in [0.05, 0.1) is 5.39 Å². The molecule has 3 heterocycles. The number of amides is 1. The molecule has 37 heavy (non-hydrogen) atoms. The molecule has 1 fully saturated rings. The molecule has 2 aromatic carbocycles. The molecule has 0 saturated carbocycles. The van der Waals surface area contributed by atoms with Gasteiger partial charge in [-0.3, -0.25) is 5.10 Å². The predicted molar refractivity (Wildman–Crippen MR) is 145 cm³/mol. The third kappa shape index (κ3) is 5.77. The van der Waals surface area contributed by atoms with Crippen molar-refractivity contribution in [2.24, 2.45) is 0 Å². The monoisotopic (exact) mass is 500 g/mol. The lowest BCUT2D eigenvalue weighted by Gasteiger charge is -2.33. The van der Waals surface area contributed by atoms with Gasteiger partial charge in [0.15, 0.2) is 11.5 Å². The number of fused-ring (bicyclic) bond motifs is 1. The highest BCUT2D eigenvalue weighted by molar-refractivity contribution is 6.01. The predicted octanol–water partition coefficient (Wildman–Crippen LogP) is 5.49. The lowest BCUT2D eigenvalue weighted by molar-refractivity contribution is 0.0497. The number of hydrogen-bond donors (Lipinski definition) is 3. The molecule has 0 unspecified atom stereocenters. The van der Waals surface area contributed by atoms with E-state index in [1.165, 1.54) is 0 Å². The zero-order chi connectivity index (χ0) is 26.0. The highest BCUT2D eigenvalue weighted by Crippen LogP contribution is 2.35. The van der Waals surface area contributed by atoms with Crippen LogP contribution in [0.5, 0.6) is 11.5 Å². The topological polar surface area (TPSA) is 118 Å². The first-order valence-electron chi connectivity index (χ1n) is 12.5. The number of rotatable bonds is 5. The third-order valence-corrected chi connectivity index (χ3v) is 6.23. The van der Waals surface area contributed by atoms with Crippen molar-refractivity contribution in [3.8, 4) is 22.6 Å². The Kier molecular flexibility index (Phi) is 6.60. The maximum absolute atomic E-state index is 12.2. The number of hydrogen-bond acceptors (Lipinski definition) is 7. The van der Waals surface area contributed by atoms with E-state index < -0.39 is 5.60 Å². The Morgan fingerprint density at radius 1 is 1.05 bits per heavy atom. The molecule has 1 aliphatic heterocycles. The van der Waals surface area contributed by atoms with Gasteiger partial charge in [-0.2, -0.15) is 5.10 Å². The molecule has 5 rings (SSSR count). The summed E-state index contributed by atoms with van der Waals surface area (Å²) in [5, 5.41) is 10.9. The molecular weight excluding hydrogens is 468 g/mol. The van der Waals surface area contributed by atoms with Gasteiger partial charge in [0.2, 0.25) is 0 Å². The molecular formula is C28H32N6O3. The normalized spacial score (nSPS) is 14.5. The number of aromatic nitrogens is 3. The number of nitrogen functional groups attached to an aromatic ring is 1. The number of ether oxygens (including phenoxy) is 2. The minimum absolute atomic E-state index is 0.0641. The Balaban J connectivity index is 1.34. The fourth-order valence-corrected chi connectivity index (χ4v) is 4.48. The molecule has 2 aromatic heterocycles. The smallest absolute Gasteiger partial charge is 0.407 e. The Labute approximate surface area is 216 Å². The Morgan fingerprint density at radius 3 is 2.41 bits per heavy atom. The van der Waals surface area contributed by atoms with E-state index in [0.29, 0.717) is 11.5 Å². The van der Waals surface area contributed by atoms with Crippen molar-refractivity contribution < 1.29 is 14.3 Å². The van der Waals surface area contributed by atoms with Gasteiger partial charge in [0, 0.05) is 24.7 Å². The van der Waals surface area contributed by atoms with Gasteiger partial charge in [-0.15, -0.1) is 0 Å². The van der Waals surface area contributed by atoms with E-state index in [2.05, 4.69) is 26.5 Å². The van der Waals surface area contributed by atoms with Gasteiger partial charge in [0.1, 0.15) is 22.9 Å². The molecule has 9 nitrogen and oxygen atoms in total. The first kappa shape index (κ1) is 24.4. The second-order valence-electron chi connectivity index (χ2n) is 10.2. The summed E-state index contributed by atoms with van der Waals surface area (Å²) in [5.74, 6) is 2.79. The lowest BCUT2D eigenvalue weighted by atomic mass is 10.0. The van der Waals surface area contributed by atoms with E-state index >= 15 is 0 Å². The van der Waals surface area contributed by atoms with Crippen molar-refractivity contribution in [2.45, 2.75) is 45.3 Å². The number of alkyl carbamates (subject to hydrolysis) is 1. The SMILES string of the molecule is CC(C)(C)OC(=O)NC1CCN(c2cc(-c3ccc(Oc4ccccc4)cc3)c3c(N)n[nH]c3n2)CC1. The number of piperidine rings is 1. The van der Waals surface area contributed by atoms with Gasteiger partial charge in [-0.25, -0.2) is 9.78 Å². The molecule has 0 spiro atoms. The number of nitrogens with one attached hydrogen (secondary N) is 2. The number of nitrogens with zero attached hydrogens (tertiary/aromatic N) is 3. The van der Waals surface area contributed by atoms with Crippen LogP contribution in [0, 0.1) is 0 Å². The summed E-state index contributed by atoms with van der Waals surface area (Å²) in [6.45, 7) is 7.10. The molecule has 0 atom stereocenters. The second-order valence-corrected chi connectivity index (χ2v) is 10.2. The van der Waals surface area contributed by atoms with E-state index in [9.17, 15) is 4.79 Å². The Bertz CT molecular complexity index is 1370. The van der Waals surface area contributed by atoms with Crippen LogP contribution in [-0.4, -0.2) is 46.0 Å². The van der Waals surface area contributed by atoms with Crippen molar-refractivity contribution in [2.75, 3.05) is 23.7 Å². The van der Waals surface area contributed by atoms with Crippen LogP contribution in [0.1, 0.15) is 33.6 Å². The highest BCUT2D eigenvalue weighted by atomic mass is 16.6. The number of carbonyl (C=O) groups excluding carboxylic acids is 1. The molecule has 1 saturated heterocycles. The number of para-hydroxylation sites is 1. The minimum atomic E-state index is -0.516. The minimum Gasteiger partial charge on any atom is -0.457 e. The first-order chi connectivity index (χ1) is 17.7. The molecule has 192 valence electrons. The Hall–Kier alpha value is -4.27. The van der Waals surface area contributed by atoms with Gasteiger partial charge < -0.3 is 25.4 Å². The average molecular weight is 501 g/mol. The maximum atomic E-state index is 12.2. The molecule has 1 aliphatic rings. The van der Waals surface area contributed by atoms with Crippen molar-refractivity contribution in [1.29, 1.82) is 0 Å². The number of nitrogens with two attached hydrogens (primary N) is 1. The van der Waals surface area contributed by atoms with Crippen LogP contribution < -0.4 is 20.7 Å². The van der Waals surface area contributed by atoms with Crippen LogP contribution in [0.3, 0.4) is 0 Å². The van der Waals surface area contributed by atoms with Crippen LogP contribution in [0.25, 0.3) is 22.2 Å². The van der Waals surface area contributed by atoms with E-state index in [-0.39, 0.29) is 12.1 Å². The zero-order valence-corrected chi connectivity index (χ0v) is 21.3. The standard InChI is InChI=1S/C28H32N6O3/c1-28(2,3)37-27(35)30-19-13-15-34(16-14-19)23-17-22(24-25(29)32-33-26(24)31-23)18-9-11-21(12-10-18)36-20-7-5-4-6-8-20/h4-12,17,19H,13-16H2,1-3H3,(H,30,35)(H3,29,31,32,33). The molecule has 0 bridgehead atoms. The summed E-state index contributed by atoms with van der Waals surface area (Å²) in [6.07, 6.45) is 1.22. The molecule has 0 radical (unpaired) electrons. The quantitative estimate of drug-likeness (QED) is 0.331. The zero-order valence-electron chi connectivity index (χ0n) is 21.3. The summed E-state index contributed by atoms with van der Waals surface area (Å²) >= 11 is 0. The largest absolute Gasteiger partial charge is 0.457 e. The van der Waals surface area contributed by atoms with E-state index in [1.807, 2.05) is 75.4 Å². The van der Waals surface area contributed by atoms with Gasteiger partial charge in [0.25, 0.3) is 0 Å². The van der Waals surface area contributed by atoms with E-state index in [4.69, 9.17) is 20.2 Å². The van der Waals surface area contributed by atoms with E-state index in [1.54, 1.807) is 0 Å². The summed E-state index contributed by atoms with van der Waals surface area (Å²) in [5.41, 5.74) is 8.28. The van der Waals surface area contributed by atoms with E-state index in [0.717, 1.165) is 59.8 Å². The summed E-state index contributed by atoms with van der Waals surface area (Å²) < 4.78 is 11.3. The lowest BCUT2D eigenvalue weighted by Crippen LogP contribution is -2.46. The van der Waals surface area contributed by atoms with Gasteiger partial charge in [-0.05, 0) is 69.5 Å². The summed E-state index contributed by atoms with van der Waals surface area (Å²) in [6, 6.07) is 19.7. The van der Waals surface area contributed by atoms with Crippen LogP contribution in [0.2, 0.25) is 0 Å². The van der Waals surface area contributed by atoms with Crippen molar-refractivity contribution >= 4 is 28.8 Å². The van der Waals surface area contributed by atoms with Crippen molar-refractivity contribution in [1.82, 2.24) is 20.5 Å². The van der Waals surface area contributed by atoms with Crippen LogP contribution in [0.15, 0.2) is 60.7 Å². The number of aromatic amines is 1. The molecule has 0 aliphatic carbocycles. The molecule has 4 aromatic rings. The van der Waals surface area contributed by atoms with Gasteiger partial charge >= 0.3 is 6.09 Å². The fraction of sp³-hybridized carbons (Fsp3) is 0.321. The first-order valence-corrected chi connectivity index (χ1v) is 12.5. The number of anilines is 2. The number of pyridine rings is 1. The average Bonchev–Trinajstić information content (AvgIpc) is 3.24. The second kappa shape index (κ2) is 10.0. The van der Waals surface area contributed by atoms with Crippen LogP contribution in [-0.2, 0) is 4.74 Å². The van der Waals surface area contributed by atoms with Crippen LogP contribution >= 0.6 is 0 Å². The molecule has 4 N–H and O–H groups in total. The summed E-state index contributed by atoms with van der Waals surface area (Å²) in [7, 11) is 0. The summed E-state index contributed by atoms with van der Waals surface area (Å²) in [4.78, 5) is 19.2. The fourth-order valence-electron chi connectivity index (χ4n) is 4.48. The van der Waals surface area contributed by atoms with Crippen molar-refractivity contribution in [3.05, 3.63) is 60.7 Å². The maximum Gasteiger partial charge on any atom is 0.407 e. The Morgan fingerprint density at radius 2 is 1.73 bits per heavy atom. The number of benzene rings is 2. The third-order valence-electron chi connectivity index (χ3n) is 6.23. The molecule has 1 amide bonds. The number of H-pyrrole nitrogens is 1. The van der Waals surface area contributed by atoms with Crippen molar-refractivity contribution in [3.63, 3.8) is 0 Å².